The van der Waals surface area contributed by atoms with Gasteiger partial charge in [0.25, 0.3) is 0 Å². The molecule has 1 aromatic heterocycles. The van der Waals surface area contributed by atoms with Crippen molar-refractivity contribution in [2.45, 2.75) is 38.8 Å². The molecule has 0 spiro atoms. The molecule has 1 atom stereocenters. The summed E-state index contributed by atoms with van der Waals surface area (Å²) < 4.78 is 5.91. The molecular weight excluding hydrogens is 284 g/mol. The van der Waals surface area contributed by atoms with Crippen LogP contribution in [0, 0.1) is 0 Å². The lowest BCUT2D eigenvalue weighted by molar-refractivity contribution is -0.141. The quantitative estimate of drug-likeness (QED) is 0.762. The number of carbonyl (C=O) groups excluding carboxylic acids is 2. The number of ether oxygens (including phenoxy) is 1. The first kappa shape index (κ1) is 18.4. The lowest BCUT2D eigenvalue weighted by atomic mass is 9.97. The van der Waals surface area contributed by atoms with Crippen LogP contribution in [0.4, 0.5) is 5.82 Å². The van der Waals surface area contributed by atoms with Crippen LogP contribution in [0.5, 0.6) is 0 Å². The van der Waals surface area contributed by atoms with Gasteiger partial charge in [0.2, 0.25) is 5.91 Å². The number of nitrogens with one attached hydrogen (secondary N) is 1. The second-order valence-electron chi connectivity index (χ2n) is 4.60. The minimum atomic E-state index is -0.930. The summed E-state index contributed by atoms with van der Waals surface area (Å²) in [6.45, 7) is 3.64. The number of hydrogen-bond acceptors (Lipinski definition) is 5. The third-order valence-corrected chi connectivity index (χ3v) is 2.69. The predicted molar refractivity (Wildman–Crippen MR) is 77.6 cm³/mol. The van der Waals surface area contributed by atoms with Gasteiger partial charge in [-0.15, -0.1) is 12.4 Å². The zero-order valence-corrected chi connectivity index (χ0v) is 12.7. The van der Waals surface area contributed by atoms with E-state index in [0.717, 1.165) is 6.42 Å². The average Bonchev–Trinajstić information content (AvgIpc) is 2.76. The highest BCUT2D eigenvalue weighted by Gasteiger charge is 2.27. The molecule has 114 valence electrons. The van der Waals surface area contributed by atoms with Crippen molar-refractivity contribution in [1.29, 1.82) is 0 Å². The van der Waals surface area contributed by atoms with Crippen molar-refractivity contribution < 1.29 is 14.3 Å². The van der Waals surface area contributed by atoms with Crippen LogP contribution in [0.2, 0.25) is 0 Å². The van der Waals surface area contributed by atoms with Gasteiger partial charge in [-0.05, 0) is 13.3 Å². The standard InChI is InChI=1S/C12H20N4O3.ClH/c1-4-6-12(2,13)11(18)14-9-5-7-16(15-9)8-10(17)19-3;/h5,7H,4,6,8,13H2,1-3H3,(H,14,15,18);1H. The Morgan fingerprint density at radius 1 is 1.55 bits per heavy atom. The largest absolute Gasteiger partial charge is 0.468 e. The number of rotatable bonds is 6. The average molecular weight is 305 g/mol. The molecule has 0 saturated heterocycles. The van der Waals surface area contributed by atoms with Crippen LogP contribution in [-0.2, 0) is 20.9 Å². The van der Waals surface area contributed by atoms with Gasteiger partial charge in [-0.3, -0.25) is 14.3 Å². The fourth-order valence-corrected chi connectivity index (χ4v) is 1.61. The predicted octanol–water partition coefficient (Wildman–Crippen LogP) is 0.934. The fraction of sp³-hybridized carbons (Fsp3) is 0.583. The Labute approximate surface area is 124 Å². The van der Waals surface area contributed by atoms with E-state index < -0.39 is 11.5 Å². The van der Waals surface area contributed by atoms with E-state index >= 15 is 0 Å². The van der Waals surface area contributed by atoms with E-state index in [9.17, 15) is 9.59 Å². The number of anilines is 1. The number of aromatic nitrogens is 2. The van der Waals surface area contributed by atoms with Gasteiger partial charge in [0.1, 0.15) is 6.54 Å². The van der Waals surface area contributed by atoms with Crippen LogP contribution in [0.1, 0.15) is 26.7 Å². The first-order chi connectivity index (χ1) is 8.89. The lowest BCUT2D eigenvalue weighted by Gasteiger charge is -2.21. The van der Waals surface area contributed by atoms with Gasteiger partial charge in [0.05, 0.1) is 12.6 Å². The smallest absolute Gasteiger partial charge is 0.327 e. The third-order valence-electron chi connectivity index (χ3n) is 2.69. The highest BCUT2D eigenvalue weighted by Crippen LogP contribution is 2.12. The first-order valence-electron chi connectivity index (χ1n) is 6.09. The van der Waals surface area contributed by atoms with E-state index in [4.69, 9.17) is 5.73 Å². The molecule has 0 saturated carbocycles. The van der Waals surface area contributed by atoms with Crippen molar-refractivity contribution in [2.75, 3.05) is 12.4 Å². The summed E-state index contributed by atoms with van der Waals surface area (Å²) >= 11 is 0. The molecule has 0 aromatic carbocycles. The van der Waals surface area contributed by atoms with E-state index in [2.05, 4.69) is 15.2 Å². The summed E-state index contributed by atoms with van der Waals surface area (Å²) in [4.78, 5) is 23.0. The summed E-state index contributed by atoms with van der Waals surface area (Å²) in [7, 11) is 1.30. The Morgan fingerprint density at radius 3 is 2.75 bits per heavy atom. The summed E-state index contributed by atoms with van der Waals surface area (Å²) in [6, 6.07) is 1.60. The Balaban J connectivity index is 0.00000361. The lowest BCUT2D eigenvalue weighted by Crippen LogP contribution is -2.48. The van der Waals surface area contributed by atoms with Crippen molar-refractivity contribution in [3.05, 3.63) is 12.3 Å². The molecule has 8 heteroatoms. The fourth-order valence-electron chi connectivity index (χ4n) is 1.61. The molecule has 1 amide bonds. The molecule has 3 N–H and O–H groups in total. The van der Waals surface area contributed by atoms with Crippen molar-refractivity contribution in [3.8, 4) is 0 Å². The molecule has 1 rings (SSSR count). The summed E-state index contributed by atoms with van der Waals surface area (Å²) in [5.41, 5.74) is 4.98. The minimum absolute atomic E-state index is 0. The molecule has 0 fully saturated rings. The maximum Gasteiger partial charge on any atom is 0.327 e. The number of methoxy groups -OCH3 is 1. The number of esters is 1. The second-order valence-corrected chi connectivity index (χ2v) is 4.60. The van der Waals surface area contributed by atoms with Crippen molar-refractivity contribution >= 4 is 30.1 Å². The third kappa shape index (κ3) is 5.18. The summed E-state index contributed by atoms with van der Waals surface area (Å²) in [5, 5.41) is 6.67. The molecular formula is C12H21ClN4O3. The van der Waals surface area contributed by atoms with Gasteiger partial charge >= 0.3 is 5.97 Å². The number of hydrogen-bond donors (Lipinski definition) is 2. The van der Waals surface area contributed by atoms with E-state index in [-0.39, 0.29) is 24.9 Å². The number of halogens is 1. The van der Waals surface area contributed by atoms with Crippen LogP contribution in [-0.4, -0.2) is 34.3 Å². The Hall–Kier alpha value is -1.60. The molecule has 0 aliphatic rings. The maximum atomic E-state index is 11.9. The highest BCUT2D eigenvalue weighted by atomic mass is 35.5. The number of nitrogens with zero attached hydrogens (tertiary/aromatic N) is 2. The van der Waals surface area contributed by atoms with Gasteiger partial charge in [0, 0.05) is 12.3 Å². The normalized spacial score (nSPS) is 13.0. The Morgan fingerprint density at radius 2 is 2.20 bits per heavy atom. The van der Waals surface area contributed by atoms with E-state index in [1.54, 1.807) is 19.2 Å². The molecule has 0 radical (unpaired) electrons. The zero-order chi connectivity index (χ0) is 14.5. The van der Waals surface area contributed by atoms with E-state index in [0.29, 0.717) is 12.2 Å². The molecule has 20 heavy (non-hydrogen) atoms. The molecule has 1 unspecified atom stereocenters. The number of nitrogens with two attached hydrogens (primary N) is 1. The van der Waals surface area contributed by atoms with Gasteiger partial charge in [-0.1, -0.05) is 13.3 Å². The first-order valence-corrected chi connectivity index (χ1v) is 6.09. The topological polar surface area (TPSA) is 99.2 Å². The van der Waals surface area contributed by atoms with Crippen LogP contribution < -0.4 is 11.1 Å². The Kier molecular flexibility index (Phi) is 7.23. The van der Waals surface area contributed by atoms with Crippen LogP contribution in [0.3, 0.4) is 0 Å². The second kappa shape index (κ2) is 7.86. The molecule has 0 bridgehead atoms. The van der Waals surface area contributed by atoms with Crippen LogP contribution >= 0.6 is 12.4 Å². The van der Waals surface area contributed by atoms with E-state index in [1.807, 2.05) is 6.92 Å². The number of carbonyl (C=O) groups is 2. The van der Waals surface area contributed by atoms with Crippen molar-refractivity contribution in [1.82, 2.24) is 9.78 Å². The summed E-state index contributed by atoms with van der Waals surface area (Å²) in [6.07, 6.45) is 2.99. The minimum Gasteiger partial charge on any atom is -0.468 e. The van der Waals surface area contributed by atoms with Crippen LogP contribution in [0.15, 0.2) is 12.3 Å². The van der Waals surface area contributed by atoms with Gasteiger partial charge in [-0.2, -0.15) is 5.10 Å². The van der Waals surface area contributed by atoms with Gasteiger partial charge in [-0.25, -0.2) is 0 Å². The van der Waals surface area contributed by atoms with Gasteiger partial charge < -0.3 is 15.8 Å². The molecule has 1 heterocycles. The monoisotopic (exact) mass is 304 g/mol. The SMILES string of the molecule is CCCC(C)(N)C(=O)Nc1ccn(CC(=O)OC)n1.Cl. The molecule has 1 aromatic rings. The Bertz CT molecular complexity index is 459. The molecule has 0 aliphatic carbocycles. The summed E-state index contributed by atoms with van der Waals surface area (Å²) in [5.74, 6) is -0.338. The maximum absolute atomic E-state index is 11.9. The van der Waals surface area contributed by atoms with E-state index in [1.165, 1.54) is 11.8 Å². The number of amides is 1. The molecule has 0 aliphatic heterocycles. The van der Waals surface area contributed by atoms with Crippen molar-refractivity contribution in [3.63, 3.8) is 0 Å². The highest BCUT2D eigenvalue weighted by molar-refractivity contribution is 5.96. The van der Waals surface area contributed by atoms with Crippen molar-refractivity contribution in [2.24, 2.45) is 5.73 Å². The van der Waals surface area contributed by atoms with Gasteiger partial charge in [0.15, 0.2) is 5.82 Å². The molecule has 7 nitrogen and oxygen atoms in total. The zero-order valence-electron chi connectivity index (χ0n) is 11.9. The van der Waals surface area contributed by atoms with Crippen LogP contribution in [0.25, 0.3) is 0 Å².